The van der Waals surface area contributed by atoms with Crippen molar-refractivity contribution in [3.05, 3.63) is 48.5 Å². The molecule has 25 heavy (non-hydrogen) atoms. The Bertz CT molecular complexity index is 947. The number of primary sulfonamides is 1. The fraction of sp³-hybridized carbons (Fsp3) is 0.250. The average Bonchev–Trinajstić information content (AvgIpc) is 3.09. The predicted molar refractivity (Wildman–Crippen MR) is 96.5 cm³/mol. The molecule has 0 spiro atoms. The third kappa shape index (κ3) is 4.12. The summed E-state index contributed by atoms with van der Waals surface area (Å²) in [6.07, 6.45) is 2.34. The number of rotatable bonds is 5. The quantitative estimate of drug-likeness (QED) is 0.820. The summed E-state index contributed by atoms with van der Waals surface area (Å²) in [5.74, 6) is 0. The van der Waals surface area contributed by atoms with E-state index in [0.717, 1.165) is 18.8 Å². The number of nitrogens with two attached hydrogens (primary N) is 1. The maximum atomic E-state index is 12.4. The van der Waals surface area contributed by atoms with Crippen LogP contribution < -0.4 is 14.8 Å². The summed E-state index contributed by atoms with van der Waals surface area (Å²) in [4.78, 5) is 2.08. The molecule has 9 heteroatoms. The largest absolute Gasteiger partial charge is 0.372 e. The first kappa shape index (κ1) is 17.7. The van der Waals surface area contributed by atoms with Crippen molar-refractivity contribution < 1.29 is 16.8 Å². The van der Waals surface area contributed by atoms with E-state index in [-0.39, 0.29) is 9.79 Å². The third-order valence-electron chi connectivity index (χ3n) is 4.05. The van der Waals surface area contributed by atoms with Gasteiger partial charge in [-0.05, 0) is 61.4 Å². The number of sulfonamides is 2. The SMILES string of the molecule is NS(=O)(=O)c1ccc(S(=O)(=O)Nc2ccc(N3CCCC3)cc2)cc1. The van der Waals surface area contributed by atoms with Crippen molar-refractivity contribution in [3.8, 4) is 0 Å². The molecule has 2 aromatic carbocycles. The number of nitrogens with zero attached hydrogens (tertiary/aromatic N) is 1. The lowest BCUT2D eigenvalue weighted by Gasteiger charge is -2.18. The van der Waals surface area contributed by atoms with E-state index < -0.39 is 20.0 Å². The highest BCUT2D eigenvalue weighted by atomic mass is 32.2. The minimum atomic E-state index is -3.86. The van der Waals surface area contributed by atoms with Gasteiger partial charge in [-0.2, -0.15) is 0 Å². The van der Waals surface area contributed by atoms with Crippen molar-refractivity contribution in [2.24, 2.45) is 5.14 Å². The number of hydrogen-bond donors (Lipinski definition) is 2. The van der Waals surface area contributed by atoms with E-state index in [4.69, 9.17) is 5.14 Å². The van der Waals surface area contributed by atoms with Gasteiger partial charge in [0.05, 0.1) is 9.79 Å². The molecular formula is C16H19N3O4S2. The molecule has 3 N–H and O–H groups in total. The summed E-state index contributed by atoms with van der Waals surface area (Å²) in [5.41, 5.74) is 1.51. The molecule has 1 fully saturated rings. The van der Waals surface area contributed by atoms with Crippen LogP contribution in [0.25, 0.3) is 0 Å². The van der Waals surface area contributed by atoms with E-state index in [2.05, 4.69) is 9.62 Å². The summed E-state index contributed by atoms with van der Waals surface area (Å²) in [5, 5.41) is 5.01. The highest BCUT2D eigenvalue weighted by Crippen LogP contribution is 2.23. The topological polar surface area (TPSA) is 110 Å². The molecule has 0 atom stereocenters. The van der Waals surface area contributed by atoms with Crippen LogP contribution in [0, 0.1) is 0 Å². The second kappa shape index (κ2) is 6.66. The van der Waals surface area contributed by atoms with Crippen molar-refractivity contribution in [2.45, 2.75) is 22.6 Å². The predicted octanol–water partition coefficient (Wildman–Crippen LogP) is 1.73. The fourth-order valence-electron chi connectivity index (χ4n) is 2.74. The summed E-state index contributed by atoms with van der Waals surface area (Å²) in [6.45, 7) is 2.03. The zero-order valence-electron chi connectivity index (χ0n) is 13.4. The molecule has 1 aliphatic rings. The van der Waals surface area contributed by atoms with Gasteiger partial charge in [-0.25, -0.2) is 22.0 Å². The van der Waals surface area contributed by atoms with Crippen LogP contribution in [0.5, 0.6) is 0 Å². The maximum absolute atomic E-state index is 12.4. The monoisotopic (exact) mass is 381 g/mol. The lowest BCUT2D eigenvalue weighted by molar-refractivity contribution is 0.595. The van der Waals surface area contributed by atoms with Crippen molar-refractivity contribution in [3.63, 3.8) is 0 Å². The van der Waals surface area contributed by atoms with Crippen LogP contribution >= 0.6 is 0 Å². The van der Waals surface area contributed by atoms with Crippen LogP contribution in [0.2, 0.25) is 0 Å². The summed E-state index contributed by atoms with van der Waals surface area (Å²) in [6, 6.07) is 11.9. The van der Waals surface area contributed by atoms with Crippen molar-refractivity contribution in [1.29, 1.82) is 0 Å². The van der Waals surface area contributed by atoms with Gasteiger partial charge >= 0.3 is 0 Å². The molecule has 0 saturated carbocycles. The first-order chi connectivity index (χ1) is 11.8. The molecule has 1 aliphatic heterocycles. The van der Waals surface area contributed by atoms with Crippen molar-refractivity contribution in [2.75, 3.05) is 22.7 Å². The van der Waals surface area contributed by atoms with Gasteiger partial charge in [-0.15, -0.1) is 0 Å². The van der Waals surface area contributed by atoms with Crippen LogP contribution in [0.15, 0.2) is 58.3 Å². The lowest BCUT2D eigenvalue weighted by atomic mass is 10.2. The highest BCUT2D eigenvalue weighted by molar-refractivity contribution is 7.92. The van der Waals surface area contributed by atoms with Gasteiger partial charge in [0, 0.05) is 24.5 Å². The Hall–Kier alpha value is -2.10. The Morgan fingerprint density at radius 3 is 1.84 bits per heavy atom. The lowest BCUT2D eigenvalue weighted by Crippen LogP contribution is -2.17. The Morgan fingerprint density at radius 2 is 1.32 bits per heavy atom. The Morgan fingerprint density at radius 1 is 0.800 bits per heavy atom. The van der Waals surface area contributed by atoms with Crippen LogP contribution in [0.1, 0.15) is 12.8 Å². The highest BCUT2D eigenvalue weighted by Gasteiger charge is 2.17. The van der Waals surface area contributed by atoms with Gasteiger partial charge in [-0.3, -0.25) is 4.72 Å². The molecule has 0 radical (unpaired) electrons. The van der Waals surface area contributed by atoms with Gasteiger partial charge in [0.1, 0.15) is 0 Å². The van der Waals surface area contributed by atoms with Crippen LogP contribution in [-0.4, -0.2) is 29.9 Å². The molecule has 1 saturated heterocycles. The molecule has 0 bridgehead atoms. The van der Waals surface area contributed by atoms with Crippen molar-refractivity contribution >= 4 is 31.4 Å². The average molecular weight is 381 g/mol. The standard InChI is InChI=1S/C16H19N3O4S2/c17-24(20,21)15-7-9-16(10-8-15)25(22,23)18-13-3-5-14(6-4-13)19-11-1-2-12-19/h3-10,18H,1-2,11-12H2,(H2,17,20,21). The number of benzene rings is 2. The number of anilines is 2. The third-order valence-corrected chi connectivity index (χ3v) is 6.38. The first-order valence-electron chi connectivity index (χ1n) is 7.76. The number of hydrogen-bond acceptors (Lipinski definition) is 5. The van der Waals surface area contributed by atoms with Gasteiger partial charge in [0.2, 0.25) is 10.0 Å². The van der Waals surface area contributed by atoms with Gasteiger partial charge in [0.15, 0.2) is 0 Å². The second-order valence-electron chi connectivity index (χ2n) is 5.86. The fourth-order valence-corrected chi connectivity index (χ4v) is 4.31. The molecule has 2 aromatic rings. The zero-order chi connectivity index (χ0) is 18.1. The van der Waals surface area contributed by atoms with Gasteiger partial charge in [0.25, 0.3) is 10.0 Å². The van der Waals surface area contributed by atoms with E-state index in [0.29, 0.717) is 5.69 Å². The van der Waals surface area contributed by atoms with E-state index in [1.165, 1.54) is 37.1 Å². The van der Waals surface area contributed by atoms with Crippen LogP contribution in [-0.2, 0) is 20.0 Å². The Labute approximate surface area is 147 Å². The molecular weight excluding hydrogens is 362 g/mol. The van der Waals surface area contributed by atoms with Crippen LogP contribution in [0.3, 0.4) is 0 Å². The molecule has 3 rings (SSSR count). The Balaban J connectivity index is 1.76. The maximum Gasteiger partial charge on any atom is 0.261 e. The smallest absolute Gasteiger partial charge is 0.261 e. The second-order valence-corrected chi connectivity index (χ2v) is 9.11. The molecule has 0 aromatic heterocycles. The van der Waals surface area contributed by atoms with Gasteiger partial charge < -0.3 is 4.90 Å². The number of nitrogens with one attached hydrogen (secondary N) is 1. The normalized spacial score (nSPS) is 15.3. The zero-order valence-corrected chi connectivity index (χ0v) is 15.1. The summed E-state index contributed by atoms with van der Waals surface area (Å²) in [7, 11) is -7.66. The molecule has 0 amide bonds. The molecule has 1 heterocycles. The van der Waals surface area contributed by atoms with E-state index in [1.807, 2.05) is 12.1 Å². The van der Waals surface area contributed by atoms with Crippen molar-refractivity contribution in [1.82, 2.24) is 0 Å². The Kier molecular flexibility index (Phi) is 4.72. The molecule has 134 valence electrons. The van der Waals surface area contributed by atoms with E-state index in [1.54, 1.807) is 12.1 Å². The minimum absolute atomic E-state index is 0.0384. The minimum Gasteiger partial charge on any atom is -0.372 e. The summed E-state index contributed by atoms with van der Waals surface area (Å²) >= 11 is 0. The van der Waals surface area contributed by atoms with Crippen LogP contribution in [0.4, 0.5) is 11.4 Å². The molecule has 0 unspecified atom stereocenters. The molecule has 0 aliphatic carbocycles. The van der Waals surface area contributed by atoms with E-state index in [9.17, 15) is 16.8 Å². The first-order valence-corrected chi connectivity index (χ1v) is 10.8. The van der Waals surface area contributed by atoms with E-state index >= 15 is 0 Å². The summed E-state index contributed by atoms with van der Waals surface area (Å²) < 4.78 is 49.8. The molecule has 7 nitrogen and oxygen atoms in total. The van der Waals surface area contributed by atoms with Gasteiger partial charge in [-0.1, -0.05) is 0 Å².